The molecule has 2 amide bonds. The van der Waals surface area contributed by atoms with E-state index in [1.807, 2.05) is 23.1 Å². The van der Waals surface area contributed by atoms with Gasteiger partial charge in [-0.3, -0.25) is 9.59 Å². The van der Waals surface area contributed by atoms with Gasteiger partial charge in [0, 0.05) is 32.1 Å². The van der Waals surface area contributed by atoms with Gasteiger partial charge in [0.1, 0.15) is 13.2 Å². The molecular formula is C20H27N3O4. The van der Waals surface area contributed by atoms with E-state index < -0.39 is 0 Å². The Bertz CT molecular complexity index is 723. The number of fused-ring (bicyclic) bond motifs is 1. The van der Waals surface area contributed by atoms with Crippen molar-refractivity contribution in [2.45, 2.75) is 25.2 Å². The van der Waals surface area contributed by atoms with Gasteiger partial charge in [-0.25, -0.2) is 0 Å². The lowest BCUT2D eigenvalue weighted by molar-refractivity contribution is -0.136. The molecule has 0 radical (unpaired) electrons. The fourth-order valence-electron chi connectivity index (χ4n) is 4.09. The molecule has 27 heavy (non-hydrogen) atoms. The Balaban J connectivity index is 1.36. The minimum atomic E-state index is -0.124. The molecule has 0 spiro atoms. The summed E-state index contributed by atoms with van der Waals surface area (Å²) < 4.78 is 11.2. The first-order valence-corrected chi connectivity index (χ1v) is 9.83. The standard InChI is InChI=1S/C20H27N3O4/c21-5-6-22-19(24)14-2-1-7-23(12-14)20(25)16-11-15(16)13-3-4-17-18(10-13)27-9-8-26-17/h3-4,10,14-16H,1-2,5-9,11-12,21H2,(H,22,24). The summed E-state index contributed by atoms with van der Waals surface area (Å²) in [6.45, 7) is 3.30. The summed E-state index contributed by atoms with van der Waals surface area (Å²) in [5.41, 5.74) is 6.58. The lowest BCUT2D eigenvalue weighted by Crippen LogP contribution is -2.46. The molecule has 4 rings (SSSR count). The van der Waals surface area contributed by atoms with Crippen LogP contribution in [0.1, 0.15) is 30.7 Å². The molecule has 1 saturated heterocycles. The number of nitrogens with two attached hydrogens (primary N) is 1. The van der Waals surface area contributed by atoms with Crippen molar-refractivity contribution in [3.63, 3.8) is 0 Å². The van der Waals surface area contributed by atoms with E-state index in [-0.39, 0.29) is 29.6 Å². The summed E-state index contributed by atoms with van der Waals surface area (Å²) in [4.78, 5) is 27.0. The van der Waals surface area contributed by atoms with Crippen LogP contribution in [-0.4, -0.2) is 56.1 Å². The highest BCUT2D eigenvalue weighted by Gasteiger charge is 2.47. The van der Waals surface area contributed by atoms with Crippen molar-refractivity contribution in [3.8, 4) is 11.5 Å². The number of nitrogens with one attached hydrogen (secondary N) is 1. The second-order valence-electron chi connectivity index (χ2n) is 7.55. The number of nitrogens with zero attached hydrogens (tertiary/aromatic N) is 1. The quantitative estimate of drug-likeness (QED) is 0.799. The van der Waals surface area contributed by atoms with Crippen molar-refractivity contribution < 1.29 is 19.1 Å². The largest absolute Gasteiger partial charge is 0.486 e. The second kappa shape index (κ2) is 7.76. The number of carbonyl (C=O) groups excluding carboxylic acids is 2. The van der Waals surface area contributed by atoms with Gasteiger partial charge in [-0.05, 0) is 42.9 Å². The summed E-state index contributed by atoms with van der Waals surface area (Å²) in [7, 11) is 0. The second-order valence-corrected chi connectivity index (χ2v) is 7.55. The number of piperidine rings is 1. The Hall–Kier alpha value is -2.28. The van der Waals surface area contributed by atoms with Crippen LogP contribution in [0.25, 0.3) is 0 Å². The minimum Gasteiger partial charge on any atom is -0.486 e. The van der Waals surface area contributed by atoms with E-state index in [1.165, 1.54) is 0 Å². The van der Waals surface area contributed by atoms with E-state index in [2.05, 4.69) is 5.32 Å². The number of rotatable bonds is 5. The Morgan fingerprint density at radius 1 is 1.22 bits per heavy atom. The van der Waals surface area contributed by atoms with E-state index in [0.717, 1.165) is 42.9 Å². The molecule has 0 aromatic heterocycles. The van der Waals surface area contributed by atoms with Crippen LogP contribution in [0.3, 0.4) is 0 Å². The highest BCUT2D eigenvalue weighted by Crippen LogP contribution is 2.50. The molecule has 0 bridgehead atoms. The summed E-state index contributed by atoms with van der Waals surface area (Å²) in [5, 5.41) is 2.84. The predicted octanol–water partition coefficient (Wildman–Crippen LogP) is 0.875. The first-order valence-electron chi connectivity index (χ1n) is 9.83. The number of ether oxygens (including phenoxy) is 2. The average Bonchev–Trinajstić information content (AvgIpc) is 3.52. The summed E-state index contributed by atoms with van der Waals surface area (Å²) >= 11 is 0. The van der Waals surface area contributed by atoms with Crippen LogP contribution in [0.15, 0.2) is 18.2 Å². The monoisotopic (exact) mass is 373 g/mol. The van der Waals surface area contributed by atoms with Crippen LogP contribution < -0.4 is 20.5 Å². The first kappa shape index (κ1) is 18.1. The minimum absolute atomic E-state index is 0.0112. The third-order valence-corrected chi connectivity index (χ3v) is 5.65. The van der Waals surface area contributed by atoms with Gasteiger partial charge in [0.05, 0.1) is 5.92 Å². The molecule has 3 unspecified atom stereocenters. The van der Waals surface area contributed by atoms with Gasteiger partial charge in [0.2, 0.25) is 11.8 Å². The molecule has 146 valence electrons. The van der Waals surface area contributed by atoms with Crippen molar-refractivity contribution in [1.29, 1.82) is 0 Å². The van der Waals surface area contributed by atoms with Gasteiger partial charge >= 0.3 is 0 Å². The number of amides is 2. The maximum absolute atomic E-state index is 12.9. The SMILES string of the molecule is NCCNC(=O)C1CCCN(C(=O)C2CC2c2ccc3c(c2)OCCO3)C1. The van der Waals surface area contributed by atoms with E-state index >= 15 is 0 Å². The van der Waals surface area contributed by atoms with Crippen molar-refractivity contribution in [3.05, 3.63) is 23.8 Å². The molecule has 2 fully saturated rings. The molecule has 2 aliphatic heterocycles. The molecular weight excluding hydrogens is 346 g/mol. The Morgan fingerprint density at radius 3 is 2.85 bits per heavy atom. The smallest absolute Gasteiger partial charge is 0.226 e. The normalized spacial score (nSPS) is 26.4. The van der Waals surface area contributed by atoms with E-state index in [4.69, 9.17) is 15.2 Å². The molecule has 7 nitrogen and oxygen atoms in total. The van der Waals surface area contributed by atoms with Crippen LogP contribution in [0.2, 0.25) is 0 Å². The number of benzene rings is 1. The van der Waals surface area contributed by atoms with Gasteiger partial charge in [0.15, 0.2) is 11.5 Å². The zero-order valence-electron chi connectivity index (χ0n) is 15.5. The van der Waals surface area contributed by atoms with Crippen molar-refractivity contribution in [2.24, 2.45) is 17.6 Å². The molecule has 1 saturated carbocycles. The third kappa shape index (κ3) is 3.88. The number of likely N-dealkylation sites (tertiary alicyclic amines) is 1. The van der Waals surface area contributed by atoms with Crippen molar-refractivity contribution >= 4 is 11.8 Å². The lowest BCUT2D eigenvalue weighted by atomic mass is 9.96. The molecule has 2 heterocycles. The maximum Gasteiger partial charge on any atom is 0.226 e. The summed E-state index contributed by atoms with van der Waals surface area (Å²) in [6, 6.07) is 5.97. The average molecular weight is 373 g/mol. The van der Waals surface area contributed by atoms with E-state index in [0.29, 0.717) is 32.8 Å². The number of carbonyl (C=O) groups is 2. The number of hydrogen-bond donors (Lipinski definition) is 2. The van der Waals surface area contributed by atoms with Crippen molar-refractivity contribution in [1.82, 2.24) is 10.2 Å². The summed E-state index contributed by atoms with van der Waals surface area (Å²) in [5.74, 6) is 1.85. The van der Waals surface area contributed by atoms with E-state index in [9.17, 15) is 9.59 Å². The van der Waals surface area contributed by atoms with Crippen LogP contribution in [-0.2, 0) is 9.59 Å². The topological polar surface area (TPSA) is 93.9 Å². The fourth-order valence-corrected chi connectivity index (χ4v) is 4.09. The Morgan fingerprint density at radius 2 is 2.04 bits per heavy atom. The highest BCUT2D eigenvalue weighted by molar-refractivity contribution is 5.85. The summed E-state index contributed by atoms with van der Waals surface area (Å²) in [6.07, 6.45) is 2.56. The van der Waals surface area contributed by atoms with Gasteiger partial charge in [-0.2, -0.15) is 0 Å². The van der Waals surface area contributed by atoms with Gasteiger partial charge in [0.25, 0.3) is 0 Å². The molecule has 1 aromatic carbocycles. The zero-order valence-corrected chi connectivity index (χ0v) is 15.5. The van der Waals surface area contributed by atoms with Gasteiger partial charge in [-0.15, -0.1) is 0 Å². The van der Waals surface area contributed by atoms with Gasteiger partial charge in [-0.1, -0.05) is 6.07 Å². The highest BCUT2D eigenvalue weighted by atomic mass is 16.6. The van der Waals surface area contributed by atoms with Crippen LogP contribution in [0.5, 0.6) is 11.5 Å². The van der Waals surface area contributed by atoms with Crippen molar-refractivity contribution in [2.75, 3.05) is 39.4 Å². The third-order valence-electron chi connectivity index (χ3n) is 5.65. The molecule has 3 N–H and O–H groups in total. The van der Waals surface area contributed by atoms with Gasteiger partial charge < -0.3 is 25.4 Å². The fraction of sp³-hybridized carbons (Fsp3) is 0.600. The van der Waals surface area contributed by atoms with E-state index in [1.54, 1.807) is 0 Å². The first-order chi connectivity index (χ1) is 13.2. The maximum atomic E-state index is 12.9. The Kier molecular flexibility index (Phi) is 5.20. The lowest BCUT2D eigenvalue weighted by Gasteiger charge is -2.32. The van der Waals surface area contributed by atoms with Crippen LogP contribution >= 0.6 is 0 Å². The molecule has 1 aromatic rings. The number of hydrogen-bond acceptors (Lipinski definition) is 5. The molecule has 7 heteroatoms. The molecule has 3 atom stereocenters. The zero-order chi connectivity index (χ0) is 18.8. The van der Waals surface area contributed by atoms with Crippen LogP contribution in [0, 0.1) is 11.8 Å². The predicted molar refractivity (Wildman–Crippen MR) is 99.6 cm³/mol. The molecule has 3 aliphatic rings. The molecule has 1 aliphatic carbocycles. The Labute approximate surface area is 159 Å². The van der Waals surface area contributed by atoms with Crippen LogP contribution in [0.4, 0.5) is 0 Å².